The predicted molar refractivity (Wildman–Crippen MR) is 60.6 cm³/mol. The first kappa shape index (κ1) is 12.7. The van der Waals surface area contributed by atoms with Crippen molar-refractivity contribution < 1.29 is 0 Å². The van der Waals surface area contributed by atoms with Gasteiger partial charge in [0.1, 0.15) is 0 Å². The summed E-state index contributed by atoms with van der Waals surface area (Å²) in [5, 5.41) is 0. The number of hydrogen-bond donors (Lipinski definition) is 1. The largest absolute Gasteiger partial charge is 0.324 e. The quantitative estimate of drug-likeness (QED) is 0.665. The minimum absolute atomic E-state index is 0.178. The second kappa shape index (κ2) is 4.80. The van der Waals surface area contributed by atoms with E-state index >= 15 is 0 Å². The fraction of sp³-hybridized carbons (Fsp3) is 0.833. The van der Waals surface area contributed by atoms with Crippen molar-refractivity contribution in [2.24, 2.45) is 17.1 Å². The molecular formula is C12H25N. The van der Waals surface area contributed by atoms with E-state index < -0.39 is 0 Å². The van der Waals surface area contributed by atoms with Crippen LogP contribution in [0.25, 0.3) is 0 Å². The van der Waals surface area contributed by atoms with Crippen molar-refractivity contribution >= 4 is 0 Å². The van der Waals surface area contributed by atoms with Crippen LogP contribution in [0.3, 0.4) is 0 Å². The normalized spacial score (nSPS) is 16.8. The van der Waals surface area contributed by atoms with Crippen LogP contribution in [0.5, 0.6) is 0 Å². The maximum Gasteiger partial charge on any atom is 0.0250 e. The summed E-state index contributed by atoms with van der Waals surface area (Å²) in [6.07, 6.45) is 2.29. The topological polar surface area (TPSA) is 26.0 Å². The Bertz CT molecular complexity index is 164. The Morgan fingerprint density at radius 2 is 1.85 bits per heavy atom. The van der Waals surface area contributed by atoms with Crippen molar-refractivity contribution in [2.45, 2.75) is 53.5 Å². The maximum atomic E-state index is 5.94. The molecule has 1 heteroatoms. The Balaban J connectivity index is 3.88. The van der Waals surface area contributed by atoms with E-state index in [1.54, 1.807) is 0 Å². The summed E-state index contributed by atoms with van der Waals surface area (Å²) in [7, 11) is 0. The van der Waals surface area contributed by atoms with Crippen LogP contribution >= 0.6 is 0 Å². The molecule has 0 aliphatic rings. The third kappa shape index (κ3) is 6.83. The molecule has 78 valence electrons. The molecule has 0 aromatic heterocycles. The van der Waals surface area contributed by atoms with Gasteiger partial charge in [0.05, 0.1) is 0 Å². The van der Waals surface area contributed by atoms with Gasteiger partial charge in [0.2, 0.25) is 0 Å². The first-order valence-electron chi connectivity index (χ1n) is 5.13. The van der Waals surface area contributed by atoms with Gasteiger partial charge in [0.25, 0.3) is 0 Å². The fourth-order valence-corrected chi connectivity index (χ4v) is 1.76. The highest BCUT2D eigenvalue weighted by Crippen LogP contribution is 2.27. The molecule has 2 N–H and O–H groups in total. The molecule has 2 unspecified atom stereocenters. The molecule has 0 aliphatic carbocycles. The average molecular weight is 183 g/mol. The lowest BCUT2D eigenvalue weighted by molar-refractivity contribution is 0.290. The van der Waals surface area contributed by atoms with Crippen LogP contribution in [-0.4, -0.2) is 6.04 Å². The van der Waals surface area contributed by atoms with Gasteiger partial charge in [-0.25, -0.2) is 0 Å². The minimum atomic E-state index is 0.178. The van der Waals surface area contributed by atoms with Crippen molar-refractivity contribution in [3.8, 4) is 0 Å². The number of rotatable bonds is 4. The Morgan fingerprint density at radius 1 is 1.38 bits per heavy atom. The van der Waals surface area contributed by atoms with Crippen LogP contribution in [0.4, 0.5) is 0 Å². The molecule has 0 saturated heterocycles. The monoisotopic (exact) mass is 183 g/mol. The summed E-state index contributed by atoms with van der Waals surface area (Å²) in [4.78, 5) is 0. The molecule has 0 saturated carbocycles. The van der Waals surface area contributed by atoms with E-state index in [0.29, 0.717) is 11.3 Å². The summed E-state index contributed by atoms with van der Waals surface area (Å²) >= 11 is 0. The molecular weight excluding hydrogens is 158 g/mol. The summed E-state index contributed by atoms with van der Waals surface area (Å²) in [5.74, 6) is 0.687. The lowest BCUT2D eigenvalue weighted by Gasteiger charge is -2.25. The summed E-state index contributed by atoms with van der Waals surface area (Å²) in [5.41, 5.74) is 7.45. The van der Waals surface area contributed by atoms with E-state index in [1.165, 1.54) is 6.42 Å². The van der Waals surface area contributed by atoms with Crippen LogP contribution < -0.4 is 5.73 Å². The van der Waals surface area contributed by atoms with Gasteiger partial charge >= 0.3 is 0 Å². The zero-order chi connectivity index (χ0) is 10.6. The molecule has 0 spiro atoms. The van der Waals surface area contributed by atoms with Crippen LogP contribution in [0, 0.1) is 11.3 Å². The molecule has 0 bridgehead atoms. The first-order chi connectivity index (χ1) is 5.72. The van der Waals surface area contributed by atoms with Gasteiger partial charge in [-0.15, -0.1) is 0 Å². The standard InChI is InChI=1S/C12H25N/c1-9(2)11(13)7-10(3)8-12(4,5)6/h10-11H,1,7-8,13H2,2-6H3. The highest BCUT2D eigenvalue weighted by molar-refractivity contribution is 5.00. The van der Waals surface area contributed by atoms with E-state index in [-0.39, 0.29) is 6.04 Å². The second-order valence-corrected chi connectivity index (χ2v) is 5.56. The van der Waals surface area contributed by atoms with E-state index in [2.05, 4.69) is 34.3 Å². The zero-order valence-electron chi connectivity index (χ0n) is 9.85. The van der Waals surface area contributed by atoms with Crippen molar-refractivity contribution in [3.63, 3.8) is 0 Å². The minimum Gasteiger partial charge on any atom is -0.324 e. The second-order valence-electron chi connectivity index (χ2n) is 5.56. The molecule has 0 aliphatic heterocycles. The summed E-state index contributed by atoms with van der Waals surface area (Å²) < 4.78 is 0. The Morgan fingerprint density at radius 3 is 2.15 bits per heavy atom. The first-order valence-corrected chi connectivity index (χ1v) is 5.13. The summed E-state index contributed by atoms with van der Waals surface area (Å²) in [6, 6.07) is 0.178. The van der Waals surface area contributed by atoms with Gasteiger partial charge in [-0.3, -0.25) is 0 Å². The summed E-state index contributed by atoms with van der Waals surface area (Å²) in [6.45, 7) is 15.0. The molecule has 0 fully saturated rings. The molecule has 0 amide bonds. The lowest BCUT2D eigenvalue weighted by atomic mass is 9.82. The molecule has 0 heterocycles. The third-order valence-corrected chi connectivity index (χ3v) is 2.25. The van der Waals surface area contributed by atoms with Crippen LogP contribution in [-0.2, 0) is 0 Å². The highest BCUT2D eigenvalue weighted by Gasteiger charge is 2.17. The van der Waals surface area contributed by atoms with Gasteiger partial charge in [0.15, 0.2) is 0 Å². The smallest absolute Gasteiger partial charge is 0.0250 e. The average Bonchev–Trinajstić information content (AvgIpc) is 1.81. The maximum absolute atomic E-state index is 5.94. The lowest BCUT2D eigenvalue weighted by Crippen LogP contribution is -2.25. The van der Waals surface area contributed by atoms with Crippen LogP contribution in [0.1, 0.15) is 47.5 Å². The van der Waals surface area contributed by atoms with Crippen molar-refractivity contribution in [1.29, 1.82) is 0 Å². The van der Waals surface area contributed by atoms with Gasteiger partial charge in [-0.2, -0.15) is 0 Å². The van der Waals surface area contributed by atoms with Crippen LogP contribution in [0.2, 0.25) is 0 Å². The van der Waals surface area contributed by atoms with Crippen molar-refractivity contribution in [3.05, 3.63) is 12.2 Å². The SMILES string of the molecule is C=C(C)C(N)CC(C)CC(C)(C)C. The molecule has 1 nitrogen and oxygen atoms in total. The molecule has 0 rings (SSSR count). The molecule has 0 aromatic rings. The Labute approximate surface area is 83.4 Å². The van der Waals surface area contributed by atoms with Crippen molar-refractivity contribution in [1.82, 2.24) is 0 Å². The van der Waals surface area contributed by atoms with Gasteiger partial charge in [0, 0.05) is 6.04 Å². The fourth-order valence-electron chi connectivity index (χ4n) is 1.76. The van der Waals surface area contributed by atoms with E-state index in [0.717, 1.165) is 12.0 Å². The van der Waals surface area contributed by atoms with Gasteiger partial charge in [-0.1, -0.05) is 39.8 Å². The molecule has 13 heavy (non-hydrogen) atoms. The van der Waals surface area contributed by atoms with E-state index in [4.69, 9.17) is 5.73 Å². The third-order valence-electron chi connectivity index (χ3n) is 2.25. The molecule has 0 aromatic carbocycles. The van der Waals surface area contributed by atoms with E-state index in [1.807, 2.05) is 6.92 Å². The van der Waals surface area contributed by atoms with Crippen molar-refractivity contribution in [2.75, 3.05) is 0 Å². The van der Waals surface area contributed by atoms with E-state index in [9.17, 15) is 0 Å². The van der Waals surface area contributed by atoms with Gasteiger partial charge < -0.3 is 5.73 Å². The van der Waals surface area contributed by atoms with Gasteiger partial charge in [-0.05, 0) is 31.1 Å². The highest BCUT2D eigenvalue weighted by atomic mass is 14.6. The number of nitrogens with two attached hydrogens (primary N) is 1. The van der Waals surface area contributed by atoms with Crippen LogP contribution in [0.15, 0.2) is 12.2 Å². The Hall–Kier alpha value is -0.300. The predicted octanol–water partition coefficient (Wildman–Crippen LogP) is 3.35. The number of hydrogen-bond acceptors (Lipinski definition) is 1. The zero-order valence-corrected chi connectivity index (χ0v) is 9.85. The molecule has 0 radical (unpaired) electrons. The molecule has 2 atom stereocenters. The Kier molecular flexibility index (Phi) is 4.69.